The Labute approximate surface area is 162 Å². The molecule has 0 saturated heterocycles. The number of nitrogens with zero attached hydrogens (tertiary/aromatic N) is 4. The highest BCUT2D eigenvalue weighted by Gasteiger charge is 2.10. The maximum absolute atomic E-state index is 12.3. The van der Waals surface area contributed by atoms with Crippen molar-refractivity contribution in [1.82, 2.24) is 24.9 Å². The topological polar surface area (TPSA) is 91.0 Å². The predicted octanol–water partition coefficient (Wildman–Crippen LogP) is 1.41. The van der Waals surface area contributed by atoms with E-state index in [-0.39, 0.29) is 18.0 Å². The minimum absolute atomic E-state index is 0.155. The van der Waals surface area contributed by atoms with E-state index in [1.807, 2.05) is 44.2 Å². The van der Waals surface area contributed by atoms with Gasteiger partial charge in [0.25, 0.3) is 5.56 Å². The van der Waals surface area contributed by atoms with Gasteiger partial charge in [0.05, 0.1) is 12.8 Å². The SMILES string of the molecule is COc1ccccc1CCNC(=O)Cn1nc(-n2nc(C)cc2C)ccc1=O. The van der Waals surface area contributed by atoms with Gasteiger partial charge in [0, 0.05) is 18.3 Å². The number of rotatable bonds is 7. The van der Waals surface area contributed by atoms with E-state index in [1.165, 1.54) is 6.07 Å². The van der Waals surface area contributed by atoms with Crippen LogP contribution in [0.5, 0.6) is 5.75 Å². The number of methoxy groups -OCH3 is 1. The first kappa shape index (κ1) is 19.3. The fourth-order valence-corrected chi connectivity index (χ4v) is 2.96. The molecule has 2 heterocycles. The standard InChI is InChI=1S/C20H23N5O3/c1-14-12-15(2)25(22-14)18-8-9-20(27)24(23-18)13-19(26)21-11-10-16-6-4-5-7-17(16)28-3/h4-9,12H,10-11,13H2,1-3H3,(H,21,26). The second kappa shape index (κ2) is 8.51. The fourth-order valence-electron chi connectivity index (χ4n) is 2.96. The Hall–Kier alpha value is -3.42. The van der Waals surface area contributed by atoms with Crippen molar-refractivity contribution >= 4 is 5.91 Å². The Bertz CT molecular complexity index is 1040. The van der Waals surface area contributed by atoms with Gasteiger partial charge in [-0.15, -0.1) is 5.10 Å². The smallest absolute Gasteiger partial charge is 0.267 e. The molecule has 2 aromatic heterocycles. The van der Waals surface area contributed by atoms with Crippen LogP contribution < -0.4 is 15.6 Å². The van der Waals surface area contributed by atoms with E-state index < -0.39 is 0 Å². The van der Waals surface area contributed by atoms with Crippen LogP contribution in [-0.2, 0) is 17.8 Å². The monoisotopic (exact) mass is 381 g/mol. The number of ether oxygens (including phenoxy) is 1. The van der Waals surface area contributed by atoms with Crippen molar-refractivity contribution in [2.45, 2.75) is 26.8 Å². The van der Waals surface area contributed by atoms with Gasteiger partial charge in [-0.3, -0.25) is 9.59 Å². The third-order valence-electron chi connectivity index (χ3n) is 4.28. The summed E-state index contributed by atoms with van der Waals surface area (Å²) in [5, 5.41) is 11.4. The van der Waals surface area contributed by atoms with Crippen LogP contribution in [0, 0.1) is 13.8 Å². The zero-order valence-corrected chi connectivity index (χ0v) is 16.2. The third-order valence-corrected chi connectivity index (χ3v) is 4.28. The number of hydrogen-bond donors (Lipinski definition) is 1. The maximum atomic E-state index is 12.3. The number of carbonyl (C=O) groups excluding carboxylic acids is 1. The van der Waals surface area contributed by atoms with Crippen LogP contribution in [0.2, 0.25) is 0 Å². The molecule has 0 spiro atoms. The lowest BCUT2D eigenvalue weighted by atomic mass is 10.1. The molecule has 1 amide bonds. The molecular weight excluding hydrogens is 358 g/mol. The molecule has 28 heavy (non-hydrogen) atoms. The van der Waals surface area contributed by atoms with E-state index in [0.29, 0.717) is 18.8 Å². The van der Waals surface area contributed by atoms with E-state index in [1.54, 1.807) is 17.9 Å². The van der Waals surface area contributed by atoms with Crippen molar-refractivity contribution in [1.29, 1.82) is 0 Å². The van der Waals surface area contributed by atoms with Crippen molar-refractivity contribution in [3.63, 3.8) is 0 Å². The normalized spacial score (nSPS) is 10.7. The van der Waals surface area contributed by atoms with Crippen LogP contribution in [0.4, 0.5) is 0 Å². The van der Waals surface area contributed by atoms with Gasteiger partial charge in [-0.2, -0.15) is 5.10 Å². The van der Waals surface area contributed by atoms with Gasteiger partial charge in [0.15, 0.2) is 5.82 Å². The molecule has 146 valence electrons. The molecule has 0 saturated carbocycles. The average Bonchev–Trinajstić information content (AvgIpc) is 3.02. The minimum Gasteiger partial charge on any atom is -0.496 e. The number of para-hydroxylation sites is 1. The van der Waals surface area contributed by atoms with E-state index in [4.69, 9.17) is 4.74 Å². The molecule has 3 aromatic rings. The molecule has 0 aliphatic carbocycles. The summed E-state index contributed by atoms with van der Waals surface area (Å²) in [6.07, 6.45) is 0.629. The third kappa shape index (κ3) is 4.46. The van der Waals surface area contributed by atoms with Crippen LogP contribution >= 0.6 is 0 Å². The van der Waals surface area contributed by atoms with Crippen LogP contribution in [0.25, 0.3) is 5.82 Å². The number of aromatic nitrogens is 4. The fraction of sp³-hybridized carbons (Fsp3) is 0.300. The van der Waals surface area contributed by atoms with Gasteiger partial charge in [0.2, 0.25) is 5.91 Å². The number of amides is 1. The molecule has 0 bridgehead atoms. The first-order valence-corrected chi connectivity index (χ1v) is 8.98. The highest BCUT2D eigenvalue weighted by molar-refractivity contribution is 5.75. The quantitative estimate of drug-likeness (QED) is 0.668. The van der Waals surface area contributed by atoms with Crippen LogP contribution in [0.3, 0.4) is 0 Å². The summed E-state index contributed by atoms with van der Waals surface area (Å²) in [5.41, 5.74) is 2.42. The molecule has 0 fully saturated rings. The Kier molecular flexibility index (Phi) is 5.88. The Balaban J connectivity index is 1.64. The lowest BCUT2D eigenvalue weighted by molar-refractivity contribution is -0.121. The first-order chi connectivity index (χ1) is 13.5. The average molecular weight is 381 g/mol. The van der Waals surface area contributed by atoms with E-state index >= 15 is 0 Å². The Morgan fingerprint density at radius 2 is 1.93 bits per heavy atom. The molecule has 0 atom stereocenters. The second-order valence-electron chi connectivity index (χ2n) is 6.44. The van der Waals surface area contributed by atoms with Gasteiger partial charge in [0.1, 0.15) is 12.3 Å². The summed E-state index contributed by atoms with van der Waals surface area (Å²) in [6, 6.07) is 12.6. The van der Waals surface area contributed by atoms with Gasteiger partial charge >= 0.3 is 0 Å². The van der Waals surface area contributed by atoms with Crippen molar-refractivity contribution < 1.29 is 9.53 Å². The van der Waals surface area contributed by atoms with Gasteiger partial charge in [-0.25, -0.2) is 9.36 Å². The zero-order chi connectivity index (χ0) is 20.1. The van der Waals surface area contributed by atoms with E-state index in [2.05, 4.69) is 15.5 Å². The first-order valence-electron chi connectivity index (χ1n) is 8.98. The Morgan fingerprint density at radius 1 is 1.14 bits per heavy atom. The maximum Gasteiger partial charge on any atom is 0.267 e. The van der Waals surface area contributed by atoms with E-state index in [0.717, 1.165) is 27.4 Å². The molecule has 8 heteroatoms. The molecule has 1 aromatic carbocycles. The summed E-state index contributed by atoms with van der Waals surface area (Å²) in [4.78, 5) is 24.3. The molecular formula is C20H23N5O3. The van der Waals surface area contributed by atoms with Gasteiger partial charge < -0.3 is 10.1 Å². The molecule has 0 unspecified atom stereocenters. The molecule has 0 aliphatic heterocycles. The summed E-state index contributed by atoms with van der Waals surface area (Å²) in [5.74, 6) is 0.995. The molecule has 0 radical (unpaired) electrons. The number of carbonyl (C=O) groups is 1. The summed E-state index contributed by atoms with van der Waals surface area (Å²) in [7, 11) is 1.62. The largest absolute Gasteiger partial charge is 0.496 e. The van der Waals surface area contributed by atoms with Crippen molar-refractivity contribution in [2.75, 3.05) is 13.7 Å². The lowest BCUT2D eigenvalue weighted by Gasteiger charge is -2.10. The Morgan fingerprint density at radius 3 is 2.64 bits per heavy atom. The predicted molar refractivity (Wildman–Crippen MR) is 105 cm³/mol. The lowest BCUT2D eigenvalue weighted by Crippen LogP contribution is -2.34. The summed E-state index contributed by atoms with van der Waals surface area (Å²) >= 11 is 0. The van der Waals surface area contributed by atoms with Gasteiger partial charge in [-0.1, -0.05) is 18.2 Å². The second-order valence-corrected chi connectivity index (χ2v) is 6.44. The minimum atomic E-state index is -0.342. The van der Waals surface area contributed by atoms with E-state index in [9.17, 15) is 9.59 Å². The van der Waals surface area contributed by atoms with Crippen molar-refractivity contribution in [3.05, 3.63) is 69.8 Å². The highest BCUT2D eigenvalue weighted by atomic mass is 16.5. The van der Waals surface area contributed by atoms with Crippen LogP contribution in [0.15, 0.2) is 47.3 Å². The number of aryl methyl sites for hydroxylation is 2. The highest BCUT2D eigenvalue weighted by Crippen LogP contribution is 2.17. The van der Waals surface area contributed by atoms with Crippen molar-refractivity contribution in [3.8, 4) is 11.6 Å². The van der Waals surface area contributed by atoms with Crippen LogP contribution in [0.1, 0.15) is 17.0 Å². The molecule has 1 N–H and O–H groups in total. The van der Waals surface area contributed by atoms with Crippen LogP contribution in [-0.4, -0.2) is 39.1 Å². The van der Waals surface area contributed by atoms with Crippen molar-refractivity contribution in [2.24, 2.45) is 0 Å². The zero-order valence-electron chi connectivity index (χ0n) is 16.2. The molecule has 8 nitrogen and oxygen atoms in total. The van der Waals surface area contributed by atoms with Gasteiger partial charge in [-0.05, 0) is 44.0 Å². The molecule has 3 rings (SSSR count). The summed E-state index contributed by atoms with van der Waals surface area (Å²) < 4.78 is 8.09. The number of hydrogen-bond acceptors (Lipinski definition) is 5. The molecule has 0 aliphatic rings. The number of nitrogens with one attached hydrogen (secondary N) is 1. The number of benzene rings is 1. The summed E-state index contributed by atoms with van der Waals surface area (Å²) in [6.45, 7) is 4.07.